The van der Waals surface area contributed by atoms with Crippen LogP contribution in [-0.2, 0) is 20.7 Å². The van der Waals surface area contributed by atoms with Crippen LogP contribution >= 0.6 is 0 Å². The molecule has 1 heterocycles. The fourth-order valence-corrected chi connectivity index (χ4v) is 1.98. The second kappa shape index (κ2) is 3.22. The maximum atomic E-state index is 11.4. The maximum absolute atomic E-state index is 11.4. The van der Waals surface area contributed by atoms with Gasteiger partial charge in [0.2, 0.25) is 11.7 Å². The molecule has 1 aromatic rings. The molecule has 0 radical (unpaired) electrons. The molecule has 1 aliphatic rings. The molecule has 3 nitrogen and oxygen atoms in total. The molecule has 1 atom stereocenters. The summed E-state index contributed by atoms with van der Waals surface area (Å²) in [5, 5.41) is 2.74. The highest BCUT2D eigenvalue weighted by molar-refractivity contribution is 7.65. The molecule has 0 saturated heterocycles. The normalized spacial score (nSPS) is 19.4. The van der Waals surface area contributed by atoms with Crippen LogP contribution in [0.25, 0.3) is 0 Å². The molecule has 66 valence electrons. The Morgan fingerprint density at radius 3 is 2.92 bits per heavy atom. The van der Waals surface area contributed by atoms with Crippen molar-refractivity contribution in [3.05, 3.63) is 29.8 Å². The quantitative estimate of drug-likeness (QED) is 0.718. The maximum Gasteiger partial charge on any atom is 0.459 e. The average Bonchev–Trinajstić information content (AvgIpc) is 2.44. The molecule has 1 aliphatic heterocycles. The zero-order valence-corrected chi connectivity index (χ0v) is 7.64. The third-order valence-corrected chi connectivity index (χ3v) is 2.61. The summed E-state index contributed by atoms with van der Waals surface area (Å²) in [5.41, 5.74) is 1.78. The van der Waals surface area contributed by atoms with Crippen LogP contribution in [0.5, 0.6) is 0 Å². The van der Waals surface area contributed by atoms with Gasteiger partial charge in [0.1, 0.15) is 5.92 Å². The van der Waals surface area contributed by atoms with Crippen LogP contribution < -0.4 is 5.32 Å². The Morgan fingerprint density at radius 1 is 1.38 bits per heavy atom. The lowest BCUT2D eigenvalue weighted by molar-refractivity contribution is -0.116. The number of para-hydroxylation sites is 1. The van der Waals surface area contributed by atoms with Crippen LogP contribution in [0.15, 0.2) is 24.3 Å². The third-order valence-electron chi connectivity index (χ3n) is 2.15. The van der Waals surface area contributed by atoms with Gasteiger partial charge in [-0.3, -0.25) is 4.79 Å². The first-order valence-corrected chi connectivity index (χ1v) is 4.88. The van der Waals surface area contributed by atoms with E-state index in [1.807, 2.05) is 24.3 Å². The summed E-state index contributed by atoms with van der Waals surface area (Å²) in [4.78, 5) is 11.4. The van der Waals surface area contributed by atoms with Crippen molar-refractivity contribution in [3.8, 4) is 0 Å². The number of benzene rings is 1. The van der Waals surface area contributed by atoms with Gasteiger partial charge in [0, 0.05) is 9.90 Å². The summed E-state index contributed by atoms with van der Waals surface area (Å²) in [6, 6.07) is 7.48. The van der Waals surface area contributed by atoms with Crippen LogP contribution in [-0.4, -0.2) is 11.7 Å². The van der Waals surface area contributed by atoms with E-state index in [1.165, 1.54) is 0 Å². The van der Waals surface area contributed by atoms with Crippen molar-refractivity contribution >= 4 is 23.3 Å². The average molecular weight is 194 g/mol. The van der Waals surface area contributed by atoms with E-state index in [2.05, 4.69) is 5.32 Å². The van der Waals surface area contributed by atoms with E-state index < -0.39 is 0 Å². The van der Waals surface area contributed by atoms with Crippen molar-refractivity contribution in [2.75, 3.05) is 11.1 Å². The molecule has 0 aromatic heterocycles. The lowest BCUT2D eigenvalue weighted by Crippen LogP contribution is -2.14. The van der Waals surface area contributed by atoms with Gasteiger partial charge in [0.25, 0.3) is 0 Å². The third kappa shape index (κ3) is 1.33. The van der Waals surface area contributed by atoms with E-state index in [4.69, 9.17) is 0 Å². The zero-order valence-electron chi connectivity index (χ0n) is 6.82. The van der Waals surface area contributed by atoms with Crippen molar-refractivity contribution in [2.24, 2.45) is 0 Å². The molecule has 2 rings (SSSR count). The molecule has 13 heavy (non-hydrogen) atoms. The molecule has 0 aliphatic carbocycles. The van der Waals surface area contributed by atoms with Gasteiger partial charge in [-0.2, -0.15) is 0 Å². The molecule has 1 aromatic carbocycles. The van der Waals surface area contributed by atoms with Crippen molar-refractivity contribution in [1.29, 1.82) is 0 Å². The number of hydrogen-bond donors (Lipinski definition) is 1. The minimum absolute atomic E-state index is 0.0652. The molecule has 0 spiro atoms. The SMILES string of the molecule is O=[S+]CC1C(=O)Nc2ccccc21. The first-order chi connectivity index (χ1) is 6.33. The fourth-order valence-electron chi connectivity index (χ4n) is 1.51. The van der Waals surface area contributed by atoms with Crippen LogP contribution in [0.3, 0.4) is 0 Å². The molecule has 1 unspecified atom stereocenters. The monoisotopic (exact) mass is 194 g/mol. The highest BCUT2D eigenvalue weighted by Gasteiger charge is 2.34. The van der Waals surface area contributed by atoms with E-state index in [-0.39, 0.29) is 11.8 Å². The molecule has 4 heteroatoms. The van der Waals surface area contributed by atoms with Crippen LogP contribution in [0.4, 0.5) is 5.69 Å². The predicted molar refractivity (Wildman–Crippen MR) is 50.7 cm³/mol. The largest absolute Gasteiger partial charge is 0.459 e. The Kier molecular flexibility index (Phi) is 2.06. The first-order valence-electron chi connectivity index (χ1n) is 3.97. The topological polar surface area (TPSA) is 46.2 Å². The fraction of sp³-hybridized carbons (Fsp3) is 0.222. The van der Waals surface area contributed by atoms with Crippen LogP contribution in [0.2, 0.25) is 0 Å². The minimum Gasteiger partial charge on any atom is -0.325 e. The molecule has 1 amide bonds. The van der Waals surface area contributed by atoms with Crippen molar-refractivity contribution in [1.82, 2.24) is 0 Å². The van der Waals surface area contributed by atoms with Gasteiger partial charge in [-0.05, 0) is 11.6 Å². The summed E-state index contributed by atoms with van der Waals surface area (Å²) >= 11 is 0.455. The predicted octanol–water partition coefficient (Wildman–Crippen LogP) is 1.15. The number of fused-ring (bicyclic) bond motifs is 1. The van der Waals surface area contributed by atoms with Crippen LogP contribution in [0, 0.1) is 0 Å². The number of hydrogen-bond acceptors (Lipinski definition) is 2. The van der Waals surface area contributed by atoms with Gasteiger partial charge >= 0.3 is 11.7 Å². The van der Waals surface area contributed by atoms with E-state index in [0.29, 0.717) is 17.4 Å². The van der Waals surface area contributed by atoms with Gasteiger partial charge in [0.05, 0.1) is 0 Å². The molecule has 0 saturated carbocycles. The van der Waals surface area contributed by atoms with E-state index in [1.54, 1.807) is 0 Å². The number of nitrogens with one attached hydrogen (secondary N) is 1. The number of carbonyl (C=O) groups is 1. The van der Waals surface area contributed by atoms with E-state index in [9.17, 15) is 9.00 Å². The van der Waals surface area contributed by atoms with Gasteiger partial charge < -0.3 is 5.32 Å². The van der Waals surface area contributed by atoms with Gasteiger partial charge in [-0.15, -0.1) is 0 Å². The summed E-state index contributed by atoms with van der Waals surface area (Å²) < 4.78 is 10.4. The lowest BCUT2D eigenvalue weighted by Gasteiger charge is -1.96. The summed E-state index contributed by atoms with van der Waals surface area (Å²) in [7, 11) is 0. The Morgan fingerprint density at radius 2 is 2.15 bits per heavy atom. The Balaban J connectivity index is 2.40. The summed E-state index contributed by atoms with van der Waals surface area (Å²) in [5.74, 6) is -0.0219. The molecular formula is C9H8NO2S+. The highest BCUT2D eigenvalue weighted by Crippen LogP contribution is 2.31. The molecule has 0 fully saturated rings. The molecular weight excluding hydrogens is 186 g/mol. The Labute approximate surface area is 79.6 Å². The number of anilines is 1. The van der Waals surface area contributed by atoms with Crippen molar-refractivity contribution in [3.63, 3.8) is 0 Å². The number of amides is 1. The van der Waals surface area contributed by atoms with Crippen molar-refractivity contribution in [2.45, 2.75) is 5.92 Å². The summed E-state index contributed by atoms with van der Waals surface area (Å²) in [6.45, 7) is 0. The van der Waals surface area contributed by atoms with Gasteiger partial charge in [-0.25, -0.2) is 0 Å². The Bertz CT molecular complexity index is 364. The van der Waals surface area contributed by atoms with Gasteiger partial charge in [-0.1, -0.05) is 18.2 Å². The second-order valence-corrected chi connectivity index (χ2v) is 3.48. The lowest BCUT2D eigenvalue weighted by atomic mass is 10.0. The van der Waals surface area contributed by atoms with Gasteiger partial charge in [0.15, 0.2) is 0 Å². The summed E-state index contributed by atoms with van der Waals surface area (Å²) in [6.07, 6.45) is 0. The zero-order chi connectivity index (χ0) is 9.26. The van der Waals surface area contributed by atoms with E-state index >= 15 is 0 Å². The minimum atomic E-state index is -0.265. The van der Waals surface area contributed by atoms with Crippen LogP contribution in [0.1, 0.15) is 11.5 Å². The number of rotatable bonds is 2. The smallest absolute Gasteiger partial charge is 0.325 e. The Hall–Kier alpha value is -1.29. The molecule has 1 N–H and O–H groups in total. The van der Waals surface area contributed by atoms with Crippen molar-refractivity contribution < 1.29 is 9.00 Å². The molecule has 0 bridgehead atoms. The van der Waals surface area contributed by atoms with E-state index in [0.717, 1.165) is 11.3 Å². The second-order valence-electron chi connectivity index (χ2n) is 2.91. The first kappa shape index (κ1) is 8.31. The highest BCUT2D eigenvalue weighted by atomic mass is 32.1. The standard InChI is InChI=1S/C9H7NO2S/c11-9-7(5-13-12)6-3-1-2-4-8(6)10-9/h1-4,7H,5H2/p+1. The number of carbonyl (C=O) groups excluding carboxylic acids is 1.